The maximum absolute atomic E-state index is 12.8. The number of pyridine rings is 1. The van der Waals surface area contributed by atoms with E-state index in [2.05, 4.69) is 9.97 Å². The molecule has 1 amide bonds. The van der Waals surface area contributed by atoms with Crippen LogP contribution in [0.25, 0.3) is 0 Å². The van der Waals surface area contributed by atoms with Gasteiger partial charge in [0.2, 0.25) is 5.91 Å². The molecule has 0 atom stereocenters. The van der Waals surface area contributed by atoms with E-state index in [0.29, 0.717) is 29.8 Å². The fourth-order valence-electron chi connectivity index (χ4n) is 2.54. The lowest BCUT2D eigenvalue weighted by Crippen LogP contribution is -2.40. The van der Waals surface area contributed by atoms with Gasteiger partial charge in [0.1, 0.15) is 11.6 Å². The molecule has 0 fully saturated rings. The van der Waals surface area contributed by atoms with Gasteiger partial charge in [0.25, 0.3) is 5.56 Å². The van der Waals surface area contributed by atoms with Crippen LogP contribution in [0, 0.1) is 0 Å². The number of nitrogens with one attached hydrogen (secondary N) is 1. The molecule has 2 aromatic heterocycles. The number of aromatic amines is 1. The van der Waals surface area contributed by atoms with E-state index >= 15 is 0 Å². The highest BCUT2D eigenvalue weighted by Crippen LogP contribution is 2.29. The van der Waals surface area contributed by atoms with Crippen molar-refractivity contribution in [3.05, 3.63) is 50.9 Å². The standard InChI is InChI=1S/C14H12ClF3N4O2/c15-9-3-8(14(16,17)18)4-22(13(9)24)6-12(23)21-2-1-10-11(5-21)20-7-19-10/h3-4,7H,1-2,5-6H2,(H,19,20). The van der Waals surface area contributed by atoms with Gasteiger partial charge in [0, 0.05) is 19.2 Å². The SMILES string of the molecule is O=C(Cn1cc(C(F)(F)F)cc(Cl)c1=O)N1CCc2nc[nH]c2C1. The third-order valence-electron chi connectivity index (χ3n) is 3.80. The van der Waals surface area contributed by atoms with E-state index in [9.17, 15) is 22.8 Å². The predicted octanol–water partition coefficient (Wildman–Crippen LogP) is 1.83. The monoisotopic (exact) mass is 360 g/mol. The van der Waals surface area contributed by atoms with Gasteiger partial charge in [-0.2, -0.15) is 13.2 Å². The summed E-state index contributed by atoms with van der Waals surface area (Å²) >= 11 is 5.58. The summed E-state index contributed by atoms with van der Waals surface area (Å²) in [5.74, 6) is -0.465. The fourth-order valence-corrected chi connectivity index (χ4v) is 2.77. The van der Waals surface area contributed by atoms with Crippen LogP contribution < -0.4 is 5.56 Å². The Morgan fingerprint density at radius 2 is 2.17 bits per heavy atom. The molecule has 0 spiro atoms. The Labute approximate surface area is 138 Å². The van der Waals surface area contributed by atoms with Crippen LogP contribution in [0.5, 0.6) is 0 Å². The summed E-state index contributed by atoms with van der Waals surface area (Å²) in [6.45, 7) is 0.152. The van der Waals surface area contributed by atoms with Gasteiger partial charge in [0.15, 0.2) is 0 Å². The normalized spacial score (nSPS) is 14.6. The van der Waals surface area contributed by atoms with Crippen LogP contribution in [-0.4, -0.2) is 31.9 Å². The number of amides is 1. The minimum atomic E-state index is -4.65. The summed E-state index contributed by atoms with van der Waals surface area (Å²) in [5.41, 5.74) is -0.269. The molecule has 6 nitrogen and oxygen atoms in total. The molecule has 0 saturated carbocycles. The van der Waals surface area contributed by atoms with E-state index in [0.717, 1.165) is 11.4 Å². The molecule has 24 heavy (non-hydrogen) atoms. The molecule has 0 bridgehead atoms. The van der Waals surface area contributed by atoms with Crippen LogP contribution in [0.15, 0.2) is 23.4 Å². The number of H-pyrrole nitrogens is 1. The second kappa shape index (κ2) is 5.97. The summed E-state index contributed by atoms with van der Waals surface area (Å²) in [4.78, 5) is 32.7. The van der Waals surface area contributed by atoms with Crippen molar-refractivity contribution in [1.29, 1.82) is 0 Å². The molecule has 2 aromatic rings. The van der Waals surface area contributed by atoms with Crippen LogP contribution in [0.4, 0.5) is 13.2 Å². The van der Waals surface area contributed by atoms with Crippen molar-refractivity contribution in [2.24, 2.45) is 0 Å². The Morgan fingerprint density at radius 1 is 1.42 bits per heavy atom. The van der Waals surface area contributed by atoms with Gasteiger partial charge < -0.3 is 14.5 Å². The van der Waals surface area contributed by atoms with E-state index in [1.807, 2.05) is 0 Å². The molecule has 3 rings (SSSR count). The highest BCUT2D eigenvalue weighted by Gasteiger charge is 2.32. The lowest BCUT2D eigenvalue weighted by molar-refractivity contribution is -0.139. The summed E-state index contributed by atoms with van der Waals surface area (Å²) in [6, 6.07) is 0.558. The van der Waals surface area contributed by atoms with Crippen molar-refractivity contribution in [2.45, 2.75) is 25.7 Å². The number of halogens is 4. The number of hydrogen-bond donors (Lipinski definition) is 1. The molecule has 10 heteroatoms. The maximum Gasteiger partial charge on any atom is 0.417 e. The van der Waals surface area contributed by atoms with Crippen LogP contribution in [-0.2, 0) is 30.5 Å². The lowest BCUT2D eigenvalue weighted by atomic mass is 10.1. The second-order valence-electron chi connectivity index (χ2n) is 5.40. The Kier molecular flexibility index (Phi) is 4.12. The Hall–Kier alpha value is -2.29. The van der Waals surface area contributed by atoms with Crippen LogP contribution in [0.3, 0.4) is 0 Å². The number of rotatable bonds is 2. The number of nitrogens with zero attached hydrogens (tertiary/aromatic N) is 3. The van der Waals surface area contributed by atoms with E-state index in [1.165, 1.54) is 11.2 Å². The minimum Gasteiger partial charge on any atom is -0.347 e. The Bertz CT molecular complexity index is 843. The van der Waals surface area contributed by atoms with Gasteiger partial charge in [-0.3, -0.25) is 9.59 Å². The van der Waals surface area contributed by atoms with Crippen molar-refractivity contribution in [1.82, 2.24) is 19.4 Å². The third-order valence-corrected chi connectivity index (χ3v) is 4.07. The summed E-state index contributed by atoms with van der Waals surface area (Å²) < 4.78 is 39.2. The molecule has 1 aliphatic heterocycles. The minimum absolute atomic E-state index is 0.273. The molecular formula is C14H12ClF3N4O2. The quantitative estimate of drug-likeness (QED) is 0.888. The molecule has 1 N–H and O–H groups in total. The average molecular weight is 361 g/mol. The first kappa shape index (κ1) is 16.6. The van der Waals surface area contributed by atoms with Crippen LogP contribution in [0.2, 0.25) is 5.02 Å². The van der Waals surface area contributed by atoms with E-state index in [1.54, 1.807) is 0 Å². The first-order valence-electron chi connectivity index (χ1n) is 7.02. The predicted molar refractivity (Wildman–Crippen MR) is 78.4 cm³/mol. The summed E-state index contributed by atoms with van der Waals surface area (Å²) in [6.07, 6.45) is -1.98. The number of carbonyl (C=O) groups is 1. The Morgan fingerprint density at radius 3 is 2.88 bits per heavy atom. The molecule has 1 aliphatic rings. The van der Waals surface area contributed by atoms with Gasteiger partial charge >= 0.3 is 6.18 Å². The van der Waals surface area contributed by atoms with E-state index < -0.39 is 34.8 Å². The zero-order valence-electron chi connectivity index (χ0n) is 12.2. The molecule has 0 aliphatic carbocycles. The molecular weight excluding hydrogens is 349 g/mol. The Balaban J connectivity index is 1.82. The van der Waals surface area contributed by atoms with Crippen molar-refractivity contribution in [3.63, 3.8) is 0 Å². The van der Waals surface area contributed by atoms with Gasteiger partial charge in [-0.1, -0.05) is 11.6 Å². The van der Waals surface area contributed by atoms with Crippen LogP contribution >= 0.6 is 11.6 Å². The number of aromatic nitrogens is 3. The van der Waals surface area contributed by atoms with Gasteiger partial charge in [-0.05, 0) is 6.07 Å². The zero-order chi connectivity index (χ0) is 17.5. The van der Waals surface area contributed by atoms with Crippen LogP contribution in [0.1, 0.15) is 17.0 Å². The van der Waals surface area contributed by atoms with Gasteiger partial charge in [-0.25, -0.2) is 4.98 Å². The smallest absolute Gasteiger partial charge is 0.347 e. The zero-order valence-corrected chi connectivity index (χ0v) is 13.0. The molecule has 0 unspecified atom stereocenters. The number of alkyl halides is 3. The maximum atomic E-state index is 12.8. The van der Waals surface area contributed by atoms with E-state index in [-0.39, 0.29) is 6.54 Å². The first-order chi connectivity index (χ1) is 11.3. The summed E-state index contributed by atoms with van der Waals surface area (Å²) in [5, 5.41) is -0.577. The van der Waals surface area contributed by atoms with E-state index in [4.69, 9.17) is 11.6 Å². The number of imidazole rings is 1. The molecule has 3 heterocycles. The largest absolute Gasteiger partial charge is 0.417 e. The second-order valence-corrected chi connectivity index (χ2v) is 5.81. The molecule has 0 aromatic carbocycles. The average Bonchev–Trinajstić information content (AvgIpc) is 2.97. The molecule has 128 valence electrons. The highest BCUT2D eigenvalue weighted by molar-refractivity contribution is 6.30. The number of carbonyl (C=O) groups excluding carboxylic acids is 1. The molecule has 0 radical (unpaired) electrons. The third kappa shape index (κ3) is 3.16. The number of hydrogen-bond acceptors (Lipinski definition) is 3. The van der Waals surface area contributed by atoms with Gasteiger partial charge in [-0.15, -0.1) is 0 Å². The lowest BCUT2D eigenvalue weighted by Gasteiger charge is -2.26. The molecule has 0 saturated heterocycles. The summed E-state index contributed by atoms with van der Waals surface area (Å²) in [7, 11) is 0. The number of fused-ring (bicyclic) bond motifs is 1. The van der Waals surface area contributed by atoms with Crippen molar-refractivity contribution < 1.29 is 18.0 Å². The van der Waals surface area contributed by atoms with Crippen molar-refractivity contribution >= 4 is 17.5 Å². The highest BCUT2D eigenvalue weighted by atomic mass is 35.5. The topological polar surface area (TPSA) is 71.0 Å². The first-order valence-corrected chi connectivity index (χ1v) is 7.39. The van der Waals surface area contributed by atoms with Gasteiger partial charge in [0.05, 0.1) is 29.8 Å². The van der Waals surface area contributed by atoms with Crippen molar-refractivity contribution in [2.75, 3.05) is 6.54 Å². The fraction of sp³-hybridized carbons (Fsp3) is 0.357. The van der Waals surface area contributed by atoms with Crippen molar-refractivity contribution in [3.8, 4) is 0 Å².